The summed E-state index contributed by atoms with van der Waals surface area (Å²) in [5, 5.41) is 0. The molecule has 0 amide bonds. The molecule has 1 rings (SSSR count). The van der Waals surface area contributed by atoms with Crippen LogP contribution >= 0.6 is 12.6 Å². The van der Waals surface area contributed by atoms with Gasteiger partial charge in [0, 0.05) is 4.90 Å². The first-order valence-electron chi connectivity index (χ1n) is 3.94. The van der Waals surface area contributed by atoms with E-state index >= 15 is 0 Å². The highest BCUT2D eigenvalue weighted by molar-refractivity contribution is 7.80. The van der Waals surface area contributed by atoms with E-state index in [4.69, 9.17) is 0 Å². The zero-order valence-corrected chi connectivity index (χ0v) is 8.20. The van der Waals surface area contributed by atoms with Crippen molar-refractivity contribution in [2.75, 3.05) is 0 Å². The van der Waals surface area contributed by atoms with Gasteiger partial charge in [-0.25, -0.2) is 0 Å². The quantitative estimate of drug-likeness (QED) is 0.609. The maximum Gasteiger partial charge on any atom is 0.00987 e. The van der Waals surface area contributed by atoms with Crippen molar-refractivity contribution in [1.29, 1.82) is 0 Å². The Morgan fingerprint density at radius 2 is 1.64 bits per heavy atom. The molecule has 0 unspecified atom stereocenters. The van der Waals surface area contributed by atoms with Gasteiger partial charge in [0.05, 0.1) is 0 Å². The van der Waals surface area contributed by atoms with Crippen molar-refractivity contribution in [2.45, 2.75) is 32.1 Å². The molecule has 1 heteroatoms. The third kappa shape index (κ3) is 1.78. The minimum absolute atomic E-state index is 1.11. The van der Waals surface area contributed by atoms with Gasteiger partial charge in [0.1, 0.15) is 0 Å². The van der Waals surface area contributed by atoms with Crippen molar-refractivity contribution in [3.05, 3.63) is 28.8 Å². The Bertz CT molecular complexity index is 241. The Kier molecular flexibility index (Phi) is 2.61. The van der Waals surface area contributed by atoms with Crippen LogP contribution in [0.2, 0.25) is 0 Å². The fourth-order valence-corrected chi connectivity index (χ4v) is 1.38. The molecule has 1 aromatic carbocycles. The summed E-state index contributed by atoms with van der Waals surface area (Å²) in [6, 6.07) is 4.41. The lowest BCUT2D eigenvalue weighted by Gasteiger charge is -2.05. The molecular formula is C10H14S. The Hall–Kier alpha value is -0.430. The number of thiol groups is 1. The summed E-state index contributed by atoms with van der Waals surface area (Å²) in [7, 11) is 0. The molecule has 11 heavy (non-hydrogen) atoms. The molecule has 0 heterocycles. The third-order valence-corrected chi connectivity index (χ3v) is 2.66. The van der Waals surface area contributed by atoms with Crippen molar-refractivity contribution in [2.24, 2.45) is 0 Å². The Morgan fingerprint density at radius 1 is 1.18 bits per heavy atom. The average Bonchev–Trinajstić information content (AvgIpc) is 1.99. The lowest BCUT2D eigenvalue weighted by atomic mass is 10.1. The van der Waals surface area contributed by atoms with Crippen molar-refractivity contribution in [1.82, 2.24) is 0 Å². The molecule has 0 saturated heterocycles. The van der Waals surface area contributed by atoms with Crippen LogP contribution in [0.15, 0.2) is 17.0 Å². The predicted molar refractivity (Wildman–Crippen MR) is 52.5 cm³/mol. The van der Waals surface area contributed by atoms with Crippen LogP contribution in [0.5, 0.6) is 0 Å². The van der Waals surface area contributed by atoms with Crippen LogP contribution in [-0.4, -0.2) is 0 Å². The maximum atomic E-state index is 4.40. The minimum atomic E-state index is 1.11. The summed E-state index contributed by atoms with van der Waals surface area (Å²) < 4.78 is 0. The standard InChI is InChI=1S/C10H14S/c1-4-9-5-7(2)10(11)8(3)6-9/h5-6,11H,4H2,1-3H3. The minimum Gasteiger partial charge on any atom is -0.143 e. The van der Waals surface area contributed by atoms with E-state index in [1.807, 2.05) is 0 Å². The first-order chi connectivity index (χ1) is 5.15. The molecule has 0 fully saturated rings. The molecule has 0 saturated carbocycles. The largest absolute Gasteiger partial charge is 0.143 e. The molecule has 1 aromatic rings. The van der Waals surface area contributed by atoms with E-state index in [1.165, 1.54) is 16.7 Å². The van der Waals surface area contributed by atoms with Gasteiger partial charge in [-0.3, -0.25) is 0 Å². The molecule has 0 aliphatic heterocycles. The summed E-state index contributed by atoms with van der Waals surface area (Å²) in [5.41, 5.74) is 3.97. The molecule has 0 aromatic heterocycles. The van der Waals surface area contributed by atoms with Crippen LogP contribution in [0, 0.1) is 13.8 Å². The normalized spacial score (nSPS) is 10.2. The molecule has 0 radical (unpaired) electrons. The predicted octanol–water partition coefficient (Wildman–Crippen LogP) is 3.15. The van der Waals surface area contributed by atoms with Crippen molar-refractivity contribution in [3.63, 3.8) is 0 Å². The van der Waals surface area contributed by atoms with Gasteiger partial charge in [-0.15, -0.1) is 12.6 Å². The molecule has 0 nitrogen and oxygen atoms in total. The molecule has 0 bridgehead atoms. The number of hydrogen-bond donors (Lipinski definition) is 1. The fourth-order valence-electron chi connectivity index (χ4n) is 1.25. The van der Waals surface area contributed by atoms with Gasteiger partial charge in [-0.05, 0) is 37.0 Å². The Labute approximate surface area is 74.0 Å². The van der Waals surface area contributed by atoms with Crippen molar-refractivity contribution < 1.29 is 0 Å². The zero-order valence-electron chi connectivity index (χ0n) is 7.31. The maximum absolute atomic E-state index is 4.40. The Morgan fingerprint density at radius 3 is 2.00 bits per heavy atom. The first kappa shape index (κ1) is 8.66. The molecule has 0 N–H and O–H groups in total. The van der Waals surface area contributed by atoms with Crippen LogP contribution in [0.4, 0.5) is 0 Å². The van der Waals surface area contributed by atoms with Gasteiger partial charge >= 0.3 is 0 Å². The smallest absolute Gasteiger partial charge is 0.00987 e. The molecule has 0 aliphatic carbocycles. The fraction of sp³-hybridized carbons (Fsp3) is 0.400. The van der Waals surface area contributed by atoms with Gasteiger partial charge in [0.25, 0.3) is 0 Å². The highest BCUT2D eigenvalue weighted by atomic mass is 32.1. The van der Waals surface area contributed by atoms with E-state index in [0.717, 1.165) is 11.3 Å². The second kappa shape index (κ2) is 3.31. The summed E-state index contributed by atoms with van der Waals surface area (Å²) in [5.74, 6) is 0. The molecule has 0 atom stereocenters. The van der Waals surface area contributed by atoms with E-state index in [0.29, 0.717) is 0 Å². The Balaban J connectivity index is 3.21. The van der Waals surface area contributed by atoms with Crippen LogP contribution < -0.4 is 0 Å². The van der Waals surface area contributed by atoms with E-state index < -0.39 is 0 Å². The lowest BCUT2D eigenvalue weighted by Crippen LogP contribution is -1.87. The summed E-state index contributed by atoms with van der Waals surface area (Å²) in [6.45, 7) is 6.38. The van der Waals surface area contributed by atoms with E-state index in [-0.39, 0.29) is 0 Å². The number of rotatable bonds is 1. The summed E-state index contributed by atoms with van der Waals surface area (Å²) in [6.07, 6.45) is 1.11. The van der Waals surface area contributed by atoms with E-state index in [2.05, 4.69) is 45.5 Å². The molecule has 60 valence electrons. The second-order valence-corrected chi connectivity index (χ2v) is 3.38. The van der Waals surface area contributed by atoms with Gasteiger partial charge < -0.3 is 0 Å². The van der Waals surface area contributed by atoms with Crippen LogP contribution in [-0.2, 0) is 6.42 Å². The number of benzene rings is 1. The lowest BCUT2D eigenvalue weighted by molar-refractivity contribution is 1.09. The van der Waals surface area contributed by atoms with Crippen molar-refractivity contribution in [3.8, 4) is 0 Å². The molecule has 0 spiro atoms. The average molecular weight is 166 g/mol. The second-order valence-electron chi connectivity index (χ2n) is 2.93. The highest BCUT2D eigenvalue weighted by Gasteiger charge is 1.99. The molecular weight excluding hydrogens is 152 g/mol. The number of aryl methyl sites for hydroxylation is 3. The van der Waals surface area contributed by atoms with E-state index in [1.54, 1.807) is 0 Å². The van der Waals surface area contributed by atoms with E-state index in [9.17, 15) is 0 Å². The number of hydrogen-bond acceptors (Lipinski definition) is 1. The molecule has 0 aliphatic rings. The van der Waals surface area contributed by atoms with Crippen LogP contribution in [0.25, 0.3) is 0 Å². The third-order valence-electron chi connectivity index (χ3n) is 1.96. The zero-order chi connectivity index (χ0) is 8.43. The van der Waals surface area contributed by atoms with Gasteiger partial charge in [0.15, 0.2) is 0 Å². The first-order valence-corrected chi connectivity index (χ1v) is 4.39. The monoisotopic (exact) mass is 166 g/mol. The van der Waals surface area contributed by atoms with Crippen LogP contribution in [0.3, 0.4) is 0 Å². The van der Waals surface area contributed by atoms with Crippen molar-refractivity contribution >= 4 is 12.6 Å². The summed E-state index contributed by atoms with van der Waals surface area (Å²) >= 11 is 4.40. The highest BCUT2D eigenvalue weighted by Crippen LogP contribution is 2.19. The van der Waals surface area contributed by atoms with Gasteiger partial charge in [-0.2, -0.15) is 0 Å². The van der Waals surface area contributed by atoms with Crippen LogP contribution in [0.1, 0.15) is 23.6 Å². The topological polar surface area (TPSA) is 0 Å². The SMILES string of the molecule is CCc1cc(C)c(S)c(C)c1. The summed E-state index contributed by atoms with van der Waals surface area (Å²) in [4.78, 5) is 1.13. The van der Waals surface area contributed by atoms with Gasteiger partial charge in [0.2, 0.25) is 0 Å². The van der Waals surface area contributed by atoms with Gasteiger partial charge in [-0.1, -0.05) is 19.1 Å².